The zero-order valence-corrected chi connectivity index (χ0v) is 8.65. The lowest BCUT2D eigenvalue weighted by atomic mass is 9.98. The van der Waals surface area contributed by atoms with E-state index in [1.54, 1.807) is 0 Å². The number of carbonyl (C=O) groups is 1. The molecule has 1 rings (SSSR count). The Morgan fingerprint density at radius 1 is 1.29 bits per heavy atom. The smallest absolute Gasteiger partial charge is 0.335 e. The number of esters is 1. The maximum atomic E-state index is 11.2. The first-order valence-corrected chi connectivity index (χ1v) is 4.44. The van der Waals surface area contributed by atoms with Crippen LogP contribution >= 0.6 is 0 Å². The van der Waals surface area contributed by atoms with Crippen molar-refractivity contribution in [3.05, 3.63) is 0 Å². The van der Waals surface area contributed by atoms with Crippen LogP contribution in [0.5, 0.6) is 0 Å². The lowest BCUT2D eigenvalue weighted by Gasteiger charge is -2.27. The van der Waals surface area contributed by atoms with Gasteiger partial charge in [0.2, 0.25) is 0 Å². The second-order valence-corrected chi connectivity index (χ2v) is 3.46. The molecule has 1 aliphatic carbocycles. The molecule has 0 bridgehead atoms. The third-order valence-electron chi connectivity index (χ3n) is 2.69. The first-order valence-electron chi connectivity index (χ1n) is 4.44. The average molecular weight is 204 g/mol. The predicted octanol–water partition coefficient (Wildman–Crippen LogP) is -0.0806. The molecule has 0 radical (unpaired) electrons. The topological polar surface area (TPSA) is 65.0 Å². The van der Waals surface area contributed by atoms with Crippen molar-refractivity contribution >= 4 is 5.97 Å². The summed E-state index contributed by atoms with van der Waals surface area (Å²) in [7, 11) is 4.21. The largest absolute Gasteiger partial charge is 0.467 e. The van der Waals surface area contributed by atoms with Gasteiger partial charge >= 0.3 is 5.97 Å². The molecule has 0 aromatic carbocycles. The minimum absolute atomic E-state index is 0.559. The summed E-state index contributed by atoms with van der Waals surface area (Å²) in [5, 5.41) is 9.71. The highest BCUT2D eigenvalue weighted by atomic mass is 16.7. The van der Waals surface area contributed by atoms with Crippen LogP contribution in [0.3, 0.4) is 0 Å². The van der Waals surface area contributed by atoms with Gasteiger partial charge in [-0.05, 0) is 12.8 Å². The second-order valence-electron chi connectivity index (χ2n) is 3.46. The van der Waals surface area contributed by atoms with E-state index in [-0.39, 0.29) is 0 Å². The molecule has 5 heteroatoms. The molecule has 0 aliphatic heterocycles. The van der Waals surface area contributed by atoms with E-state index in [1.807, 2.05) is 0 Å². The quantitative estimate of drug-likeness (QED) is 0.501. The van der Waals surface area contributed by atoms with Crippen molar-refractivity contribution < 1.29 is 24.1 Å². The van der Waals surface area contributed by atoms with E-state index in [2.05, 4.69) is 4.74 Å². The Morgan fingerprint density at radius 2 is 1.79 bits per heavy atom. The maximum absolute atomic E-state index is 11.2. The molecule has 82 valence electrons. The van der Waals surface area contributed by atoms with E-state index in [0.717, 1.165) is 0 Å². The molecule has 1 fully saturated rings. The van der Waals surface area contributed by atoms with Gasteiger partial charge in [0.25, 0.3) is 0 Å². The van der Waals surface area contributed by atoms with Crippen molar-refractivity contribution in [1.82, 2.24) is 0 Å². The van der Waals surface area contributed by atoms with Crippen molar-refractivity contribution in [1.29, 1.82) is 0 Å². The van der Waals surface area contributed by atoms with Crippen LogP contribution in [0.1, 0.15) is 12.8 Å². The fourth-order valence-electron chi connectivity index (χ4n) is 1.69. The van der Waals surface area contributed by atoms with Gasteiger partial charge < -0.3 is 19.3 Å². The van der Waals surface area contributed by atoms with Crippen LogP contribution in [0.4, 0.5) is 0 Å². The summed E-state index contributed by atoms with van der Waals surface area (Å²) >= 11 is 0. The Bertz CT molecular complexity index is 207. The number of aliphatic hydroxyl groups is 1. The zero-order chi connectivity index (χ0) is 10.8. The highest BCUT2D eigenvalue weighted by Crippen LogP contribution is 2.53. The Labute approximate surface area is 82.9 Å². The third-order valence-corrected chi connectivity index (χ3v) is 2.69. The van der Waals surface area contributed by atoms with Gasteiger partial charge in [-0.15, -0.1) is 0 Å². The fraction of sp³-hybridized carbons (Fsp3) is 0.889. The molecule has 0 heterocycles. The van der Waals surface area contributed by atoms with E-state index >= 15 is 0 Å². The van der Waals surface area contributed by atoms with Crippen molar-refractivity contribution in [2.24, 2.45) is 5.41 Å². The number of hydrogen-bond donors (Lipinski definition) is 1. The average Bonchev–Trinajstić information content (AvgIpc) is 2.99. The Morgan fingerprint density at radius 3 is 2.07 bits per heavy atom. The van der Waals surface area contributed by atoms with Crippen LogP contribution in [0.2, 0.25) is 0 Å². The van der Waals surface area contributed by atoms with E-state index in [9.17, 15) is 9.90 Å². The van der Waals surface area contributed by atoms with Crippen molar-refractivity contribution in [2.75, 3.05) is 21.3 Å². The molecule has 0 saturated heterocycles. The van der Waals surface area contributed by atoms with Gasteiger partial charge in [0.15, 0.2) is 12.4 Å². The second kappa shape index (κ2) is 4.25. The first kappa shape index (κ1) is 11.4. The summed E-state index contributed by atoms with van der Waals surface area (Å²) in [6.45, 7) is 0. The molecule has 1 aliphatic rings. The van der Waals surface area contributed by atoms with E-state index in [1.165, 1.54) is 21.3 Å². The number of rotatable bonds is 5. The van der Waals surface area contributed by atoms with Crippen molar-refractivity contribution in [3.63, 3.8) is 0 Å². The summed E-state index contributed by atoms with van der Waals surface area (Å²) in [6, 6.07) is 0. The lowest BCUT2D eigenvalue weighted by Crippen LogP contribution is -2.41. The molecule has 0 aromatic rings. The summed E-state index contributed by atoms with van der Waals surface area (Å²) < 4.78 is 14.6. The van der Waals surface area contributed by atoms with Gasteiger partial charge in [0, 0.05) is 14.2 Å². The van der Waals surface area contributed by atoms with Crippen LogP contribution in [0.25, 0.3) is 0 Å². The standard InChI is InChI=1S/C9H16O5/c1-12-7(11)6(10)9(4-5-9)8(13-2)14-3/h6,8,10H,4-5H2,1-3H3. The monoisotopic (exact) mass is 204 g/mol. The summed E-state index contributed by atoms with van der Waals surface area (Å²) in [5.41, 5.74) is -0.614. The molecule has 1 atom stereocenters. The molecule has 1 unspecified atom stereocenters. The molecular weight excluding hydrogens is 188 g/mol. The van der Waals surface area contributed by atoms with Gasteiger partial charge in [0.1, 0.15) is 0 Å². The van der Waals surface area contributed by atoms with Gasteiger partial charge in [-0.2, -0.15) is 0 Å². The van der Waals surface area contributed by atoms with Gasteiger partial charge in [0.05, 0.1) is 12.5 Å². The molecule has 14 heavy (non-hydrogen) atoms. The van der Waals surface area contributed by atoms with Crippen LogP contribution in [-0.2, 0) is 19.0 Å². The molecule has 0 spiro atoms. The predicted molar refractivity (Wildman–Crippen MR) is 47.5 cm³/mol. The molecule has 5 nitrogen and oxygen atoms in total. The van der Waals surface area contributed by atoms with Crippen LogP contribution in [0, 0.1) is 5.41 Å². The number of carbonyl (C=O) groups excluding carboxylic acids is 1. The van der Waals surface area contributed by atoms with E-state index < -0.39 is 23.8 Å². The normalized spacial score (nSPS) is 20.6. The van der Waals surface area contributed by atoms with E-state index in [0.29, 0.717) is 12.8 Å². The van der Waals surface area contributed by atoms with E-state index in [4.69, 9.17) is 9.47 Å². The van der Waals surface area contributed by atoms with Gasteiger partial charge in [-0.25, -0.2) is 4.79 Å². The highest BCUT2D eigenvalue weighted by molar-refractivity contribution is 5.76. The Kier molecular flexibility index (Phi) is 3.47. The van der Waals surface area contributed by atoms with Crippen LogP contribution in [-0.4, -0.2) is 44.8 Å². The molecule has 0 amide bonds. The maximum Gasteiger partial charge on any atom is 0.335 e. The van der Waals surface area contributed by atoms with Crippen LogP contribution < -0.4 is 0 Å². The molecular formula is C9H16O5. The Balaban J connectivity index is 2.69. The summed E-state index contributed by atoms with van der Waals surface area (Å²) in [5.74, 6) is -0.637. The summed E-state index contributed by atoms with van der Waals surface area (Å²) in [6.07, 6.45) is -0.320. The first-order chi connectivity index (χ1) is 6.62. The molecule has 1 saturated carbocycles. The number of hydrogen-bond acceptors (Lipinski definition) is 5. The lowest BCUT2D eigenvalue weighted by molar-refractivity contribution is -0.188. The number of methoxy groups -OCH3 is 3. The van der Waals surface area contributed by atoms with Crippen molar-refractivity contribution in [2.45, 2.75) is 25.2 Å². The number of aliphatic hydroxyl groups excluding tert-OH is 1. The molecule has 0 aromatic heterocycles. The molecule has 1 N–H and O–H groups in total. The number of ether oxygens (including phenoxy) is 3. The van der Waals surface area contributed by atoms with Crippen LogP contribution in [0.15, 0.2) is 0 Å². The van der Waals surface area contributed by atoms with Gasteiger partial charge in [-0.3, -0.25) is 0 Å². The van der Waals surface area contributed by atoms with Crippen molar-refractivity contribution in [3.8, 4) is 0 Å². The SMILES string of the molecule is COC(=O)C(O)C1(C(OC)OC)CC1. The summed E-state index contributed by atoms with van der Waals surface area (Å²) in [4.78, 5) is 11.2. The third kappa shape index (κ3) is 1.75. The minimum atomic E-state index is -1.17. The fourth-order valence-corrected chi connectivity index (χ4v) is 1.69. The van der Waals surface area contributed by atoms with Gasteiger partial charge in [-0.1, -0.05) is 0 Å². The highest BCUT2D eigenvalue weighted by Gasteiger charge is 2.59. The Hall–Kier alpha value is -0.650. The minimum Gasteiger partial charge on any atom is -0.467 e. The zero-order valence-electron chi connectivity index (χ0n) is 8.65.